The standard InChI is InChI=1S/C31H30N2O2/c1-22-7-14-28(21-30(22)33-19-17-26(18-20-33)23-5-3-2-4-6-23)32-31(35)27-10-8-24(9-11-27)25-12-15-29(34)16-13-25/h2-16,21,26,34H,17-20H2,1H3,(H,32,35). The molecule has 5 rings (SSSR count). The van der Waals surface area contributed by atoms with E-state index in [1.165, 1.54) is 16.8 Å². The molecule has 0 saturated carbocycles. The van der Waals surface area contributed by atoms with Gasteiger partial charge in [0, 0.05) is 30.0 Å². The maximum Gasteiger partial charge on any atom is 0.255 e. The molecule has 35 heavy (non-hydrogen) atoms. The molecule has 0 bridgehead atoms. The van der Waals surface area contributed by atoms with Crippen LogP contribution < -0.4 is 10.2 Å². The summed E-state index contributed by atoms with van der Waals surface area (Å²) in [5.41, 5.74) is 7.26. The molecule has 4 heteroatoms. The quantitative estimate of drug-likeness (QED) is 0.336. The number of nitrogens with one attached hydrogen (secondary N) is 1. The number of phenolic OH excluding ortho intramolecular Hbond substituents is 1. The van der Waals surface area contributed by atoms with Gasteiger partial charge in [0.15, 0.2) is 0 Å². The van der Waals surface area contributed by atoms with E-state index in [-0.39, 0.29) is 11.7 Å². The number of aromatic hydroxyl groups is 1. The van der Waals surface area contributed by atoms with E-state index in [0.29, 0.717) is 11.5 Å². The summed E-state index contributed by atoms with van der Waals surface area (Å²) in [4.78, 5) is 15.4. The van der Waals surface area contributed by atoms with E-state index in [1.807, 2.05) is 42.5 Å². The average molecular weight is 463 g/mol. The molecule has 0 unspecified atom stereocenters. The Balaban J connectivity index is 1.25. The second-order valence-corrected chi connectivity index (χ2v) is 9.25. The molecule has 2 N–H and O–H groups in total. The zero-order valence-electron chi connectivity index (χ0n) is 19.9. The first-order valence-corrected chi connectivity index (χ1v) is 12.2. The highest BCUT2D eigenvalue weighted by atomic mass is 16.3. The number of benzene rings is 4. The highest BCUT2D eigenvalue weighted by molar-refractivity contribution is 6.04. The van der Waals surface area contributed by atoms with Gasteiger partial charge in [0.1, 0.15) is 5.75 Å². The van der Waals surface area contributed by atoms with Crippen LogP contribution in [0.1, 0.15) is 40.2 Å². The number of carbonyl (C=O) groups is 1. The summed E-state index contributed by atoms with van der Waals surface area (Å²) >= 11 is 0. The van der Waals surface area contributed by atoms with Crippen molar-refractivity contribution in [3.05, 3.63) is 114 Å². The lowest BCUT2D eigenvalue weighted by atomic mass is 9.89. The Morgan fingerprint density at radius 2 is 1.46 bits per heavy atom. The van der Waals surface area contributed by atoms with E-state index >= 15 is 0 Å². The van der Waals surface area contributed by atoms with Crippen molar-refractivity contribution in [3.8, 4) is 16.9 Å². The number of amides is 1. The third kappa shape index (κ3) is 5.22. The van der Waals surface area contributed by atoms with Crippen molar-refractivity contribution >= 4 is 17.3 Å². The van der Waals surface area contributed by atoms with Crippen molar-refractivity contribution < 1.29 is 9.90 Å². The van der Waals surface area contributed by atoms with Gasteiger partial charge >= 0.3 is 0 Å². The average Bonchev–Trinajstić information content (AvgIpc) is 2.91. The van der Waals surface area contributed by atoms with E-state index in [2.05, 4.69) is 59.6 Å². The van der Waals surface area contributed by atoms with E-state index in [0.717, 1.165) is 42.7 Å². The van der Waals surface area contributed by atoms with E-state index in [1.54, 1.807) is 12.1 Å². The molecule has 4 aromatic carbocycles. The lowest BCUT2D eigenvalue weighted by molar-refractivity contribution is 0.102. The molecule has 0 radical (unpaired) electrons. The number of phenols is 1. The highest BCUT2D eigenvalue weighted by Crippen LogP contribution is 2.33. The lowest BCUT2D eigenvalue weighted by Crippen LogP contribution is -2.33. The van der Waals surface area contributed by atoms with E-state index < -0.39 is 0 Å². The number of carbonyl (C=O) groups excluding carboxylic acids is 1. The number of hydrogen-bond donors (Lipinski definition) is 2. The van der Waals surface area contributed by atoms with Crippen LogP contribution >= 0.6 is 0 Å². The Kier molecular flexibility index (Phi) is 6.53. The van der Waals surface area contributed by atoms with E-state index in [9.17, 15) is 9.90 Å². The topological polar surface area (TPSA) is 52.6 Å². The van der Waals surface area contributed by atoms with Crippen LogP contribution in [-0.2, 0) is 0 Å². The van der Waals surface area contributed by atoms with Crippen molar-refractivity contribution in [3.63, 3.8) is 0 Å². The Bertz CT molecular complexity index is 1290. The molecular weight excluding hydrogens is 432 g/mol. The minimum absolute atomic E-state index is 0.125. The largest absolute Gasteiger partial charge is 0.508 e. The molecule has 1 aliphatic rings. The molecule has 0 atom stereocenters. The molecule has 4 aromatic rings. The van der Waals surface area contributed by atoms with Crippen LogP contribution in [0.3, 0.4) is 0 Å². The number of aryl methyl sites for hydroxylation is 1. The second kappa shape index (κ2) is 10.1. The number of piperidine rings is 1. The van der Waals surface area contributed by atoms with Crippen LogP contribution in [0.4, 0.5) is 11.4 Å². The van der Waals surface area contributed by atoms with Crippen molar-refractivity contribution in [1.29, 1.82) is 0 Å². The van der Waals surface area contributed by atoms with Crippen LogP contribution in [-0.4, -0.2) is 24.1 Å². The smallest absolute Gasteiger partial charge is 0.255 e. The summed E-state index contributed by atoms with van der Waals surface area (Å²) < 4.78 is 0. The van der Waals surface area contributed by atoms with Gasteiger partial charge in [-0.3, -0.25) is 4.79 Å². The number of rotatable bonds is 5. The monoisotopic (exact) mass is 462 g/mol. The zero-order chi connectivity index (χ0) is 24.2. The second-order valence-electron chi connectivity index (χ2n) is 9.25. The van der Waals surface area contributed by atoms with Gasteiger partial charge < -0.3 is 15.3 Å². The SMILES string of the molecule is Cc1ccc(NC(=O)c2ccc(-c3ccc(O)cc3)cc2)cc1N1CCC(c2ccccc2)CC1. The fraction of sp³-hybridized carbons (Fsp3) is 0.194. The van der Waals surface area contributed by atoms with Crippen molar-refractivity contribution in [2.75, 3.05) is 23.3 Å². The summed E-state index contributed by atoms with van der Waals surface area (Å²) in [5.74, 6) is 0.725. The van der Waals surface area contributed by atoms with Gasteiger partial charge in [-0.15, -0.1) is 0 Å². The zero-order valence-corrected chi connectivity index (χ0v) is 19.9. The molecule has 1 saturated heterocycles. The summed E-state index contributed by atoms with van der Waals surface area (Å²) in [6, 6.07) is 31.5. The summed E-state index contributed by atoms with van der Waals surface area (Å²) in [6.45, 7) is 4.15. The number of anilines is 2. The first-order valence-electron chi connectivity index (χ1n) is 12.2. The van der Waals surface area contributed by atoms with Gasteiger partial charge in [-0.2, -0.15) is 0 Å². The van der Waals surface area contributed by atoms with Crippen molar-refractivity contribution in [1.82, 2.24) is 0 Å². The molecule has 0 spiro atoms. The van der Waals surface area contributed by atoms with E-state index in [4.69, 9.17) is 0 Å². The molecular formula is C31H30N2O2. The maximum absolute atomic E-state index is 12.9. The van der Waals surface area contributed by atoms with Gasteiger partial charge in [0.2, 0.25) is 0 Å². The molecule has 1 amide bonds. The number of nitrogens with zero attached hydrogens (tertiary/aromatic N) is 1. The summed E-state index contributed by atoms with van der Waals surface area (Å²) in [5, 5.41) is 12.6. The summed E-state index contributed by atoms with van der Waals surface area (Å²) in [7, 11) is 0. The minimum atomic E-state index is -0.125. The Hall–Kier alpha value is -4.05. The first-order chi connectivity index (χ1) is 17.1. The van der Waals surface area contributed by atoms with Crippen LogP contribution in [0.2, 0.25) is 0 Å². The van der Waals surface area contributed by atoms with Crippen LogP contribution in [0.25, 0.3) is 11.1 Å². The molecule has 4 nitrogen and oxygen atoms in total. The molecule has 0 aliphatic carbocycles. The Morgan fingerprint density at radius 3 is 2.11 bits per heavy atom. The molecule has 1 heterocycles. The number of hydrogen-bond acceptors (Lipinski definition) is 3. The van der Waals surface area contributed by atoms with Crippen LogP contribution in [0, 0.1) is 6.92 Å². The Morgan fingerprint density at radius 1 is 0.829 bits per heavy atom. The normalized spacial score (nSPS) is 14.0. The summed E-state index contributed by atoms with van der Waals surface area (Å²) in [6.07, 6.45) is 2.26. The van der Waals surface area contributed by atoms with Crippen molar-refractivity contribution in [2.45, 2.75) is 25.7 Å². The third-order valence-corrected chi connectivity index (χ3v) is 6.92. The molecule has 1 fully saturated rings. The van der Waals surface area contributed by atoms with Gasteiger partial charge in [0.25, 0.3) is 5.91 Å². The molecule has 0 aromatic heterocycles. The predicted octanol–water partition coefficient (Wildman–Crippen LogP) is 7.00. The van der Waals surface area contributed by atoms with Gasteiger partial charge in [-0.1, -0.05) is 60.7 Å². The van der Waals surface area contributed by atoms with Crippen LogP contribution in [0.15, 0.2) is 97.1 Å². The molecule has 1 aliphatic heterocycles. The third-order valence-electron chi connectivity index (χ3n) is 6.92. The fourth-order valence-corrected chi connectivity index (χ4v) is 4.88. The van der Waals surface area contributed by atoms with Crippen molar-refractivity contribution in [2.24, 2.45) is 0 Å². The van der Waals surface area contributed by atoms with Gasteiger partial charge in [-0.25, -0.2) is 0 Å². The highest BCUT2D eigenvalue weighted by Gasteiger charge is 2.22. The fourth-order valence-electron chi connectivity index (χ4n) is 4.88. The van der Waals surface area contributed by atoms with Gasteiger partial charge in [0.05, 0.1) is 0 Å². The minimum Gasteiger partial charge on any atom is -0.508 e. The van der Waals surface area contributed by atoms with Gasteiger partial charge in [-0.05, 0) is 84.3 Å². The predicted molar refractivity (Wildman–Crippen MR) is 143 cm³/mol. The first kappa shape index (κ1) is 22.7. The maximum atomic E-state index is 12.9. The Labute approximate surface area is 206 Å². The lowest BCUT2D eigenvalue weighted by Gasteiger charge is -2.35. The molecule has 176 valence electrons. The van der Waals surface area contributed by atoms with Crippen LogP contribution in [0.5, 0.6) is 5.75 Å².